The Hall–Kier alpha value is -1.96. The number of aliphatic hydroxyl groups is 2. The van der Waals surface area contributed by atoms with E-state index in [-0.39, 0.29) is 11.5 Å². The van der Waals surface area contributed by atoms with Crippen molar-refractivity contribution in [3.05, 3.63) is 24.3 Å². The summed E-state index contributed by atoms with van der Waals surface area (Å²) in [7, 11) is 0. The zero-order chi connectivity index (χ0) is 14.0. The number of hydrogen-bond donors (Lipinski definition) is 3. The Labute approximate surface area is 108 Å². The number of Topliss-reactive ketones (excluding diaryl/α,β-unsaturated/α-hetero) is 2. The molecule has 1 saturated heterocycles. The Bertz CT molecular complexity index is 481. The van der Waals surface area contributed by atoms with Crippen LogP contribution < -0.4 is 4.74 Å². The molecule has 1 aromatic rings. The van der Waals surface area contributed by atoms with Gasteiger partial charge in [0.2, 0.25) is 17.9 Å². The molecule has 1 fully saturated rings. The topological polar surface area (TPSA) is 113 Å². The molecule has 1 aliphatic heterocycles. The molecule has 0 bridgehead atoms. The molecule has 0 saturated carbocycles. The van der Waals surface area contributed by atoms with E-state index in [2.05, 4.69) is 0 Å². The molecule has 0 aliphatic carbocycles. The second-order valence-electron chi connectivity index (χ2n) is 3.96. The zero-order valence-electron chi connectivity index (χ0n) is 9.72. The summed E-state index contributed by atoms with van der Waals surface area (Å²) in [4.78, 5) is 22.8. The summed E-state index contributed by atoms with van der Waals surface area (Å²) in [6.07, 6.45) is -4.46. The highest BCUT2D eigenvalue weighted by atomic mass is 16.7. The van der Waals surface area contributed by atoms with E-state index in [0.717, 1.165) is 0 Å². The van der Waals surface area contributed by atoms with Crippen LogP contribution in [-0.2, 0) is 14.3 Å². The van der Waals surface area contributed by atoms with Gasteiger partial charge in [-0.05, 0) is 24.3 Å². The first-order chi connectivity index (χ1) is 9.02. The van der Waals surface area contributed by atoms with Crippen molar-refractivity contribution in [3.8, 4) is 11.5 Å². The van der Waals surface area contributed by atoms with E-state index in [1.54, 1.807) is 0 Å². The van der Waals surface area contributed by atoms with Crippen LogP contribution in [0.4, 0.5) is 0 Å². The molecule has 1 heterocycles. The van der Waals surface area contributed by atoms with Crippen molar-refractivity contribution in [1.82, 2.24) is 0 Å². The van der Waals surface area contributed by atoms with Gasteiger partial charge >= 0.3 is 0 Å². The smallest absolute Gasteiger partial charge is 0.236 e. The van der Waals surface area contributed by atoms with Gasteiger partial charge in [0.25, 0.3) is 0 Å². The quantitative estimate of drug-likeness (QED) is 0.602. The number of aromatic hydroxyl groups is 1. The lowest BCUT2D eigenvalue weighted by Gasteiger charge is -2.30. The van der Waals surface area contributed by atoms with Gasteiger partial charge in [0, 0.05) is 0 Å². The molecule has 1 aromatic carbocycles. The highest BCUT2D eigenvalue weighted by Crippen LogP contribution is 2.21. The molecule has 19 heavy (non-hydrogen) atoms. The van der Waals surface area contributed by atoms with Gasteiger partial charge in [-0.25, -0.2) is 0 Å². The second-order valence-corrected chi connectivity index (χ2v) is 3.96. The summed E-state index contributed by atoms with van der Waals surface area (Å²) >= 11 is 0. The maximum atomic E-state index is 11.4. The van der Waals surface area contributed by atoms with E-state index in [4.69, 9.17) is 19.7 Å². The standard InChI is InChI=1S/C12H12O7/c13-5-8-9(15)10(16)11(17)12(19-8)18-7-3-1-6(14)2-4-7/h1-4,8,11-14,17H,5H2/t8-,11-,12-/m1/s1. The summed E-state index contributed by atoms with van der Waals surface area (Å²) in [5.41, 5.74) is 0. The van der Waals surface area contributed by atoms with E-state index in [9.17, 15) is 14.7 Å². The molecule has 0 unspecified atom stereocenters. The molecule has 7 heteroatoms. The Morgan fingerprint density at radius 2 is 1.79 bits per heavy atom. The summed E-state index contributed by atoms with van der Waals surface area (Å²) in [5.74, 6) is -1.78. The van der Waals surface area contributed by atoms with Crippen LogP contribution in [0.5, 0.6) is 11.5 Å². The first-order valence-corrected chi connectivity index (χ1v) is 5.51. The Morgan fingerprint density at radius 1 is 1.16 bits per heavy atom. The summed E-state index contributed by atoms with van der Waals surface area (Å²) in [5, 5.41) is 27.6. The SMILES string of the molecule is O=C1C(=O)[C@@H](CO)O[C@@H](Oc2ccc(O)cc2)[C@@H]1O. The molecule has 0 aromatic heterocycles. The number of ketones is 2. The summed E-state index contributed by atoms with van der Waals surface area (Å²) < 4.78 is 10.2. The molecule has 2 rings (SSSR count). The van der Waals surface area contributed by atoms with Gasteiger partial charge in [0.1, 0.15) is 11.5 Å². The van der Waals surface area contributed by atoms with Crippen LogP contribution in [0.25, 0.3) is 0 Å². The van der Waals surface area contributed by atoms with Crippen molar-refractivity contribution in [2.45, 2.75) is 18.5 Å². The van der Waals surface area contributed by atoms with Gasteiger partial charge in [-0.3, -0.25) is 9.59 Å². The fourth-order valence-electron chi connectivity index (χ4n) is 1.60. The van der Waals surface area contributed by atoms with Gasteiger partial charge in [-0.2, -0.15) is 0 Å². The van der Waals surface area contributed by atoms with Crippen molar-refractivity contribution in [3.63, 3.8) is 0 Å². The van der Waals surface area contributed by atoms with E-state index >= 15 is 0 Å². The first-order valence-electron chi connectivity index (χ1n) is 5.51. The minimum Gasteiger partial charge on any atom is -0.508 e. The lowest BCUT2D eigenvalue weighted by molar-refractivity contribution is -0.205. The Morgan fingerprint density at radius 3 is 2.37 bits per heavy atom. The Kier molecular flexibility index (Phi) is 3.79. The van der Waals surface area contributed by atoms with E-state index in [1.807, 2.05) is 0 Å². The predicted molar refractivity (Wildman–Crippen MR) is 60.5 cm³/mol. The summed E-state index contributed by atoms with van der Waals surface area (Å²) in [6.45, 7) is -0.674. The van der Waals surface area contributed by atoms with Crippen LogP contribution in [0.15, 0.2) is 24.3 Å². The molecule has 3 N–H and O–H groups in total. The molecule has 3 atom stereocenters. The Balaban J connectivity index is 2.12. The lowest BCUT2D eigenvalue weighted by atomic mass is 10.0. The third-order valence-corrected chi connectivity index (χ3v) is 2.61. The third-order valence-electron chi connectivity index (χ3n) is 2.61. The van der Waals surface area contributed by atoms with Crippen molar-refractivity contribution in [2.75, 3.05) is 6.61 Å². The minimum atomic E-state index is -1.75. The number of phenols is 1. The van der Waals surface area contributed by atoms with Crippen LogP contribution in [0.2, 0.25) is 0 Å². The molecule has 7 nitrogen and oxygen atoms in total. The van der Waals surface area contributed by atoms with Gasteiger partial charge in [0.05, 0.1) is 6.61 Å². The molecule has 0 radical (unpaired) electrons. The normalized spacial score (nSPS) is 27.4. The van der Waals surface area contributed by atoms with Gasteiger partial charge < -0.3 is 24.8 Å². The van der Waals surface area contributed by atoms with Crippen LogP contribution in [0.3, 0.4) is 0 Å². The van der Waals surface area contributed by atoms with Crippen LogP contribution in [-0.4, -0.2) is 52.0 Å². The molecule has 0 spiro atoms. The maximum Gasteiger partial charge on any atom is 0.236 e. The highest BCUT2D eigenvalue weighted by Gasteiger charge is 2.44. The average Bonchev–Trinajstić information content (AvgIpc) is 2.42. The maximum absolute atomic E-state index is 11.4. The van der Waals surface area contributed by atoms with Crippen molar-refractivity contribution in [1.29, 1.82) is 0 Å². The number of benzene rings is 1. The number of carbonyl (C=O) groups excluding carboxylic acids is 2. The largest absolute Gasteiger partial charge is 0.508 e. The molecule has 102 valence electrons. The average molecular weight is 268 g/mol. The third kappa shape index (κ3) is 2.73. The van der Waals surface area contributed by atoms with Gasteiger partial charge in [-0.1, -0.05) is 0 Å². The van der Waals surface area contributed by atoms with Crippen molar-refractivity contribution in [2.24, 2.45) is 0 Å². The number of ether oxygens (including phenoxy) is 2. The lowest BCUT2D eigenvalue weighted by Crippen LogP contribution is -2.55. The summed E-state index contributed by atoms with van der Waals surface area (Å²) in [6, 6.07) is 5.50. The van der Waals surface area contributed by atoms with Crippen molar-refractivity contribution >= 4 is 11.6 Å². The van der Waals surface area contributed by atoms with E-state index in [0.29, 0.717) is 0 Å². The molecular weight excluding hydrogens is 256 g/mol. The second kappa shape index (κ2) is 5.35. The van der Waals surface area contributed by atoms with Crippen LogP contribution >= 0.6 is 0 Å². The van der Waals surface area contributed by atoms with E-state index in [1.165, 1.54) is 24.3 Å². The van der Waals surface area contributed by atoms with E-state index < -0.39 is 36.7 Å². The zero-order valence-corrected chi connectivity index (χ0v) is 9.72. The van der Waals surface area contributed by atoms with Crippen molar-refractivity contribution < 1.29 is 34.4 Å². The van der Waals surface area contributed by atoms with Crippen LogP contribution in [0, 0.1) is 0 Å². The first kappa shape index (κ1) is 13.5. The van der Waals surface area contributed by atoms with Gasteiger partial charge in [0.15, 0.2) is 12.2 Å². The monoisotopic (exact) mass is 268 g/mol. The molecular formula is C12H12O7. The minimum absolute atomic E-state index is 0.0250. The fourth-order valence-corrected chi connectivity index (χ4v) is 1.60. The van der Waals surface area contributed by atoms with Crippen LogP contribution in [0.1, 0.15) is 0 Å². The number of phenolic OH excluding ortho intramolecular Hbond substituents is 1. The number of hydrogen-bond acceptors (Lipinski definition) is 7. The highest BCUT2D eigenvalue weighted by molar-refractivity contribution is 6.41. The number of aliphatic hydroxyl groups excluding tert-OH is 2. The predicted octanol–water partition coefficient (Wildman–Crippen LogP) is -1.01. The molecule has 1 aliphatic rings. The molecule has 0 amide bonds. The number of rotatable bonds is 3. The number of carbonyl (C=O) groups is 2. The fraction of sp³-hybridized carbons (Fsp3) is 0.333. The van der Waals surface area contributed by atoms with Gasteiger partial charge in [-0.15, -0.1) is 0 Å².